The first kappa shape index (κ1) is 19.5. The molecule has 0 bridgehead atoms. The summed E-state index contributed by atoms with van der Waals surface area (Å²) >= 11 is 0. The van der Waals surface area contributed by atoms with E-state index >= 15 is 0 Å². The summed E-state index contributed by atoms with van der Waals surface area (Å²) in [6.45, 7) is 8.31. The number of carboxylic acid groups (broad SMARTS) is 1. The van der Waals surface area contributed by atoms with E-state index in [1.165, 1.54) is 0 Å². The highest BCUT2D eigenvalue weighted by Crippen LogP contribution is 2.46. The molecule has 0 spiro atoms. The third-order valence-electron chi connectivity index (χ3n) is 5.56. The number of carbonyl (C=O) groups excluding carboxylic acids is 1. The summed E-state index contributed by atoms with van der Waals surface area (Å²) in [7, 11) is 0. The fourth-order valence-electron chi connectivity index (χ4n) is 4.17. The lowest BCUT2D eigenvalue weighted by atomic mass is 9.68. The number of piperidine rings is 1. The van der Waals surface area contributed by atoms with Crippen molar-refractivity contribution in [2.45, 2.75) is 51.8 Å². The average Bonchev–Trinajstić information content (AvgIpc) is 2.96. The predicted molar refractivity (Wildman–Crippen MR) is 102 cm³/mol. The normalized spacial score (nSPS) is 30.7. The number of likely N-dealkylation sites (tertiary alicyclic amines) is 1. The number of carbonyl (C=O) groups is 2. The molecule has 2 fully saturated rings. The van der Waals surface area contributed by atoms with Crippen molar-refractivity contribution in [2.24, 2.45) is 11.3 Å². The monoisotopic (exact) mass is 375 g/mol. The minimum Gasteiger partial charge on any atom is -0.481 e. The SMILES string of the molecule is CC(C)(C)OC(=O)N1CC2CC(C)(C(=O)O)C(c3ccc(N)cc3)NC2C1. The molecule has 148 valence electrons. The molecule has 7 nitrogen and oxygen atoms in total. The van der Waals surface area contributed by atoms with Crippen LogP contribution in [0.2, 0.25) is 0 Å². The van der Waals surface area contributed by atoms with Crippen molar-refractivity contribution in [2.75, 3.05) is 18.8 Å². The Morgan fingerprint density at radius 1 is 1.26 bits per heavy atom. The number of nitrogens with one attached hydrogen (secondary N) is 1. The van der Waals surface area contributed by atoms with Gasteiger partial charge in [0.05, 0.1) is 5.41 Å². The molecule has 1 aromatic rings. The molecule has 2 aliphatic heterocycles. The summed E-state index contributed by atoms with van der Waals surface area (Å²) in [5.74, 6) is -0.769. The van der Waals surface area contributed by atoms with Crippen LogP contribution < -0.4 is 11.1 Å². The van der Waals surface area contributed by atoms with Crippen molar-refractivity contribution in [1.82, 2.24) is 10.2 Å². The fourth-order valence-corrected chi connectivity index (χ4v) is 4.17. The maximum Gasteiger partial charge on any atom is 0.410 e. The first-order valence-corrected chi connectivity index (χ1v) is 9.32. The third-order valence-corrected chi connectivity index (χ3v) is 5.56. The van der Waals surface area contributed by atoms with Crippen molar-refractivity contribution < 1.29 is 19.4 Å². The lowest BCUT2D eigenvalue weighted by molar-refractivity contribution is -0.153. The number of nitrogens with two attached hydrogens (primary N) is 1. The van der Waals surface area contributed by atoms with E-state index in [1.54, 1.807) is 24.0 Å². The summed E-state index contributed by atoms with van der Waals surface area (Å²) in [5, 5.41) is 13.5. The van der Waals surface area contributed by atoms with Crippen molar-refractivity contribution in [3.63, 3.8) is 0 Å². The van der Waals surface area contributed by atoms with E-state index in [-0.39, 0.29) is 24.1 Å². The van der Waals surface area contributed by atoms with E-state index in [9.17, 15) is 14.7 Å². The standard InChI is InChI=1S/C20H29N3O4/c1-19(2,3)27-18(26)23-10-13-9-20(4,17(24)25)16(22-15(13)11-23)12-5-7-14(21)8-6-12/h5-8,13,15-16,22H,9-11,21H2,1-4H3,(H,24,25). The van der Waals surface area contributed by atoms with Gasteiger partial charge in [0, 0.05) is 30.9 Å². The molecule has 3 rings (SSSR count). The zero-order valence-electron chi connectivity index (χ0n) is 16.4. The Bertz CT molecular complexity index is 728. The lowest BCUT2D eigenvalue weighted by Crippen LogP contribution is -2.54. The summed E-state index contributed by atoms with van der Waals surface area (Å²) in [4.78, 5) is 26.3. The number of nitrogen functional groups attached to an aromatic ring is 1. The van der Waals surface area contributed by atoms with Gasteiger partial charge in [-0.05, 0) is 57.7 Å². The van der Waals surface area contributed by atoms with Gasteiger partial charge < -0.3 is 25.8 Å². The van der Waals surface area contributed by atoms with Gasteiger partial charge in [-0.15, -0.1) is 0 Å². The van der Waals surface area contributed by atoms with Crippen LogP contribution in [0.1, 0.15) is 45.7 Å². The van der Waals surface area contributed by atoms with Crippen LogP contribution in [0, 0.1) is 11.3 Å². The van der Waals surface area contributed by atoms with Crippen LogP contribution in [0.4, 0.5) is 10.5 Å². The van der Waals surface area contributed by atoms with E-state index in [0.717, 1.165) is 5.56 Å². The summed E-state index contributed by atoms with van der Waals surface area (Å²) in [6.07, 6.45) is 0.147. The predicted octanol–water partition coefficient (Wildman–Crippen LogP) is 2.63. The number of amides is 1. The molecule has 27 heavy (non-hydrogen) atoms. The number of anilines is 1. The maximum atomic E-state index is 12.4. The smallest absolute Gasteiger partial charge is 0.410 e. The highest BCUT2D eigenvalue weighted by molar-refractivity contribution is 5.76. The van der Waals surface area contributed by atoms with Crippen LogP contribution in [-0.2, 0) is 9.53 Å². The summed E-state index contributed by atoms with van der Waals surface area (Å²) < 4.78 is 5.48. The van der Waals surface area contributed by atoms with Gasteiger partial charge in [-0.25, -0.2) is 4.79 Å². The summed E-state index contributed by atoms with van der Waals surface area (Å²) in [5.41, 5.74) is 5.78. The van der Waals surface area contributed by atoms with Gasteiger partial charge in [0.15, 0.2) is 0 Å². The molecule has 7 heteroatoms. The number of nitrogens with zero attached hydrogens (tertiary/aromatic N) is 1. The topological polar surface area (TPSA) is 105 Å². The zero-order valence-corrected chi connectivity index (χ0v) is 16.4. The zero-order chi connectivity index (χ0) is 20.0. The van der Waals surface area contributed by atoms with Crippen LogP contribution in [0.3, 0.4) is 0 Å². The van der Waals surface area contributed by atoms with E-state index in [1.807, 2.05) is 32.9 Å². The second-order valence-corrected chi connectivity index (χ2v) is 8.94. The molecule has 1 aromatic carbocycles. The van der Waals surface area contributed by atoms with Crippen LogP contribution >= 0.6 is 0 Å². The molecule has 1 amide bonds. The number of hydrogen-bond donors (Lipinski definition) is 3. The maximum absolute atomic E-state index is 12.4. The molecule has 0 saturated carbocycles. The molecule has 2 aliphatic rings. The molecular formula is C20H29N3O4. The Morgan fingerprint density at radius 2 is 1.89 bits per heavy atom. The molecule has 2 heterocycles. The van der Waals surface area contributed by atoms with Crippen molar-refractivity contribution in [3.05, 3.63) is 29.8 Å². The first-order chi connectivity index (χ1) is 12.5. The Morgan fingerprint density at radius 3 is 2.44 bits per heavy atom. The number of rotatable bonds is 2. The van der Waals surface area contributed by atoms with Crippen molar-refractivity contribution >= 4 is 17.7 Å². The van der Waals surface area contributed by atoms with Gasteiger partial charge in [-0.2, -0.15) is 0 Å². The molecule has 4 atom stereocenters. The second kappa shape index (κ2) is 6.71. The first-order valence-electron chi connectivity index (χ1n) is 9.32. The summed E-state index contributed by atoms with van der Waals surface area (Å²) in [6, 6.07) is 6.99. The Kier molecular flexibility index (Phi) is 4.84. The number of carboxylic acids is 1. The van der Waals surface area contributed by atoms with Crippen LogP contribution in [0.15, 0.2) is 24.3 Å². The quantitative estimate of drug-likeness (QED) is 0.687. The van der Waals surface area contributed by atoms with Crippen LogP contribution in [0.5, 0.6) is 0 Å². The number of aliphatic carboxylic acids is 1. The molecule has 4 N–H and O–H groups in total. The Balaban J connectivity index is 1.82. The van der Waals surface area contributed by atoms with E-state index in [2.05, 4.69) is 5.32 Å². The lowest BCUT2D eigenvalue weighted by Gasteiger charge is -2.44. The number of benzene rings is 1. The number of fused-ring (bicyclic) bond motifs is 1. The van der Waals surface area contributed by atoms with E-state index < -0.39 is 17.0 Å². The van der Waals surface area contributed by atoms with Crippen LogP contribution in [-0.4, -0.2) is 46.8 Å². The molecular weight excluding hydrogens is 346 g/mol. The third kappa shape index (κ3) is 3.88. The molecule has 0 radical (unpaired) electrons. The van der Waals surface area contributed by atoms with Gasteiger partial charge in [-0.3, -0.25) is 4.79 Å². The Hall–Kier alpha value is -2.28. The van der Waals surface area contributed by atoms with Crippen molar-refractivity contribution in [3.8, 4) is 0 Å². The largest absolute Gasteiger partial charge is 0.481 e. The van der Waals surface area contributed by atoms with Gasteiger partial charge in [0.2, 0.25) is 0 Å². The van der Waals surface area contributed by atoms with E-state index in [4.69, 9.17) is 10.5 Å². The molecule has 0 aliphatic carbocycles. The molecule has 4 unspecified atom stereocenters. The minimum atomic E-state index is -0.971. The highest BCUT2D eigenvalue weighted by Gasteiger charge is 2.53. The minimum absolute atomic E-state index is 0.0347. The highest BCUT2D eigenvalue weighted by atomic mass is 16.6. The number of ether oxygens (including phenoxy) is 1. The Labute approximate surface area is 159 Å². The second-order valence-electron chi connectivity index (χ2n) is 8.94. The molecule has 2 saturated heterocycles. The van der Waals surface area contributed by atoms with Gasteiger partial charge in [-0.1, -0.05) is 12.1 Å². The average molecular weight is 375 g/mol. The van der Waals surface area contributed by atoms with Gasteiger partial charge in [0.1, 0.15) is 5.60 Å². The number of hydrogen-bond acceptors (Lipinski definition) is 5. The van der Waals surface area contributed by atoms with Crippen LogP contribution in [0.25, 0.3) is 0 Å². The van der Waals surface area contributed by atoms with Gasteiger partial charge in [0.25, 0.3) is 0 Å². The van der Waals surface area contributed by atoms with E-state index in [0.29, 0.717) is 25.2 Å². The van der Waals surface area contributed by atoms with Crippen molar-refractivity contribution in [1.29, 1.82) is 0 Å². The fraction of sp³-hybridized carbons (Fsp3) is 0.600. The van der Waals surface area contributed by atoms with Gasteiger partial charge >= 0.3 is 12.1 Å². The molecule has 0 aromatic heterocycles.